The number of nitro benzene ring substituents is 3. The summed E-state index contributed by atoms with van der Waals surface area (Å²) >= 11 is 0. The van der Waals surface area contributed by atoms with Gasteiger partial charge in [0.15, 0.2) is 0 Å². The third kappa shape index (κ3) is 12.7. The lowest BCUT2D eigenvalue weighted by Gasteiger charge is -2.23. The third-order valence-corrected chi connectivity index (χ3v) is 9.09. The van der Waals surface area contributed by atoms with E-state index in [2.05, 4.69) is 90.0 Å². The maximum Gasteiger partial charge on any atom is 0.269 e. The van der Waals surface area contributed by atoms with Crippen molar-refractivity contribution in [2.75, 3.05) is 0 Å². The Morgan fingerprint density at radius 1 is 0.375 bits per heavy atom. The maximum absolute atomic E-state index is 10.9. The molecule has 10 N–H and O–H groups in total. The van der Waals surface area contributed by atoms with E-state index >= 15 is 0 Å². The van der Waals surface area contributed by atoms with Crippen LogP contribution in [-0.4, -0.2) is 19.7 Å². The highest BCUT2D eigenvalue weighted by atomic mass is 16.6. The molecule has 0 bridgehead atoms. The number of benzene rings is 6. The zero-order valence-electron chi connectivity index (χ0n) is 31.0. The molecule has 0 amide bonds. The van der Waals surface area contributed by atoms with Crippen LogP contribution in [0.25, 0.3) is 0 Å². The van der Waals surface area contributed by atoms with Crippen LogP contribution in [0.3, 0.4) is 0 Å². The zero-order chi connectivity index (χ0) is 40.0. The monoisotopic (exact) mass is 758 g/mol. The molecule has 286 valence electrons. The molecule has 0 aromatic heterocycles. The molecule has 56 heavy (non-hydrogen) atoms. The molecule has 0 aliphatic heterocycles. The van der Waals surface area contributed by atoms with E-state index < -0.39 is 14.8 Å². The second kappa shape index (κ2) is 19.6. The summed E-state index contributed by atoms with van der Waals surface area (Å²) in [7, 11) is 0. The molecule has 0 saturated heterocycles. The molecule has 6 aromatic rings. The fourth-order valence-corrected chi connectivity index (χ4v) is 6.14. The summed E-state index contributed by atoms with van der Waals surface area (Å²) in [5, 5.41) is 32.6. The first-order valence-electron chi connectivity index (χ1n) is 17.9. The molecule has 0 unspecified atom stereocenters. The normalized spacial score (nSPS) is 10.9. The van der Waals surface area contributed by atoms with Crippen LogP contribution < -0.4 is 22.1 Å². The van der Waals surface area contributed by atoms with E-state index in [0.717, 1.165) is 53.4 Å². The summed E-state index contributed by atoms with van der Waals surface area (Å²) in [6.45, 7) is 4.35. The molecule has 0 radical (unpaired) electrons. The van der Waals surface area contributed by atoms with Crippen molar-refractivity contribution < 1.29 is 36.9 Å². The lowest BCUT2D eigenvalue weighted by molar-refractivity contribution is -0.941. The molecule has 0 saturated carbocycles. The molecule has 0 aliphatic rings. The molecule has 6 aromatic carbocycles. The second-order valence-electron chi connectivity index (χ2n) is 13.6. The van der Waals surface area contributed by atoms with Crippen LogP contribution >= 0.6 is 0 Å². The summed E-state index contributed by atoms with van der Waals surface area (Å²) in [4.78, 5) is 34.8. The zero-order valence-corrected chi connectivity index (χ0v) is 31.0. The second-order valence-corrected chi connectivity index (χ2v) is 13.6. The molecule has 0 spiro atoms. The van der Waals surface area contributed by atoms with Crippen molar-refractivity contribution in [1.82, 2.24) is 4.90 Å². The Morgan fingerprint density at radius 2 is 0.589 bits per heavy atom. The summed E-state index contributed by atoms with van der Waals surface area (Å²) < 4.78 is 0. The molecule has 0 heterocycles. The van der Waals surface area contributed by atoms with Crippen LogP contribution in [0.2, 0.25) is 0 Å². The highest BCUT2D eigenvalue weighted by Gasteiger charge is 2.15. The molecule has 14 heteroatoms. The molecular formula is C42H46N8O6+4. The van der Waals surface area contributed by atoms with Gasteiger partial charge in [-0.25, -0.2) is 0 Å². The van der Waals surface area contributed by atoms with E-state index in [4.69, 9.17) is 0 Å². The van der Waals surface area contributed by atoms with Crippen LogP contribution in [0.1, 0.15) is 33.4 Å². The number of rotatable bonds is 15. The fraction of sp³-hybridized carbons (Fsp3) is 0.143. The van der Waals surface area contributed by atoms with E-state index in [9.17, 15) is 30.3 Å². The van der Waals surface area contributed by atoms with Gasteiger partial charge >= 0.3 is 0 Å². The highest BCUT2D eigenvalue weighted by Crippen LogP contribution is 2.20. The number of non-ortho nitro benzene ring substituents is 3. The standard InChI is InChI=1S/C21H18N4O6.C21H24N4/c26-23(27)19-7-1-16(2-8-19)13-22(14-17-3-9-20(10-4-17)24(28)29)15-18-5-11-21(12-6-18)25(30)31;22-19-7-1-16(2-8-19)13-25(14-17-3-9-20(23)10-4-17)15-18-5-11-21(24)12-6-18/h1-12H,13-15H2;1-12H,13-15,22-24H2/p+4. The Kier molecular flexibility index (Phi) is 14.2. The SMILES string of the molecule is O=[N+]([O-])c1ccc(CN(Cc2ccc([N+](=O)[O-])cc2)Cc2ccc([N+](=O)[O-])cc2)cc1.[NH3+]c1ccc(C[NH+](Cc2ccc([NH3+])cc2)Cc2ccc([NH3+])cc2)cc1. The van der Waals surface area contributed by atoms with Gasteiger partial charge in [0.2, 0.25) is 0 Å². The van der Waals surface area contributed by atoms with E-state index in [1.165, 1.54) is 58.0 Å². The number of nitrogens with zero attached hydrogens (tertiary/aromatic N) is 4. The van der Waals surface area contributed by atoms with Crippen molar-refractivity contribution in [3.8, 4) is 0 Å². The Balaban J connectivity index is 0.000000219. The van der Waals surface area contributed by atoms with Crippen molar-refractivity contribution in [3.63, 3.8) is 0 Å². The van der Waals surface area contributed by atoms with E-state index in [0.29, 0.717) is 19.6 Å². The number of nitrogens with one attached hydrogen (secondary N) is 1. The Morgan fingerprint density at radius 3 is 0.804 bits per heavy atom. The van der Waals surface area contributed by atoms with Crippen LogP contribution in [0, 0.1) is 30.3 Å². The minimum Gasteiger partial charge on any atom is -0.325 e. The van der Waals surface area contributed by atoms with Crippen LogP contribution in [0.5, 0.6) is 0 Å². The smallest absolute Gasteiger partial charge is 0.269 e. The van der Waals surface area contributed by atoms with Crippen molar-refractivity contribution in [3.05, 3.63) is 209 Å². The molecule has 6 rings (SSSR count). The fourth-order valence-electron chi connectivity index (χ4n) is 6.14. The Bertz CT molecular complexity index is 1940. The number of nitro groups is 3. The summed E-state index contributed by atoms with van der Waals surface area (Å²) in [5.41, 5.74) is 21.7. The number of hydrogen-bond donors (Lipinski definition) is 4. The predicted molar refractivity (Wildman–Crippen MR) is 211 cm³/mol. The Labute approximate surface area is 323 Å². The van der Waals surface area contributed by atoms with Gasteiger partial charge in [0.05, 0.1) is 14.8 Å². The van der Waals surface area contributed by atoms with Gasteiger partial charge in [0.25, 0.3) is 17.1 Å². The van der Waals surface area contributed by atoms with E-state index in [1.807, 2.05) is 4.90 Å². The average molecular weight is 759 g/mol. The predicted octanol–water partition coefficient (Wildman–Crippen LogP) is 4.71. The maximum atomic E-state index is 10.9. The quantitative estimate of drug-likeness (QED) is 0.0853. The first-order valence-corrected chi connectivity index (χ1v) is 17.9. The topological polar surface area (TPSA) is 220 Å². The van der Waals surface area contributed by atoms with Gasteiger partial charge < -0.3 is 22.1 Å². The first-order chi connectivity index (χ1) is 26.9. The molecule has 0 atom stereocenters. The van der Waals surface area contributed by atoms with Crippen LogP contribution in [-0.2, 0) is 39.3 Å². The first kappa shape index (κ1) is 40.5. The molecular weight excluding hydrogens is 713 g/mol. The van der Waals surface area contributed by atoms with Crippen LogP contribution in [0.15, 0.2) is 146 Å². The van der Waals surface area contributed by atoms with E-state index in [-0.39, 0.29) is 17.1 Å². The Hall–Kier alpha value is -6.68. The summed E-state index contributed by atoms with van der Waals surface area (Å²) in [6, 6.07) is 44.3. The summed E-state index contributed by atoms with van der Waals surface area (Å²) in [5.74, 6) is 0. The van der Waals surface area contributed by atoms with Gasteiger partial charge in [-0.3, -0.25) is 35.2 Å². The lowest BCUT2D eigenvalue weighted by atomic mass is 10.1. The summed E-state index contributed by atoms with van der Waals surface area (Å²) in [6.07, 6.45) is 0. The molecule has 0 fully saturated rings. The number of quaternary nitrogens is 4. The lowest BCUT2D eigenvalue weighted by Crippen LogP contribution is -3.08. The highest BCUT2D eigenvalue weighted by molar-refractivity contribution is 5.36. The van der Waals surface area contributed by atoms with Crippen molar-refractivity contribution in [2.24, 2.45) is 0 Å². The van der Waals surface area contributed by atoms with Gasteiger partial charge in [-0.1, -0.05) is 36.4 Å². The van der Waals surface area contributed by atoms with Gasteiger partial charge in [-0.15, -0.1) is 0 Å². The van der Waals surface area contributed by atoms with Crippen molar-refractivity contribution >= 4 is 34.1 Å². The van der Waals surface area contributed by atoms with Crippen molar-refractivity contribution in [2.45, 2.75) is 39.3 Å². The molecule has 0 aliphatic carbocycles. The van der Waals surface area contributed by atoms with Gasteiger partial charge in [-0.2, -0.15) is 0 Å². The average Bonchev–Trinajstić information content (AvgIpc) is 3.18. The molecule has 14 nitrogen and oxygen atoms in total. The minimum absolute atomic E-state index is 0.000961. The van der Waals surface area contributed by atoms with Crippen molar-refractivity contribution in [1.29, 1.82) is 0 Å². The number of hydrogen-bond acceptors (Lipinski definition) is 7. The minimum atomic E-state index is -0.463. The van der Waals surface area contributed by atoms with Crippen LogP contribution in [0.4, 0.5) is 34.1 Å². The van der Waals surface area contributed by atoms with Gasteiger partial charge in [0.1, 0.15) is 36.7 Å². The third-order valence-electron chi connectivity index (χ3n) is 9.09. The van der Waals surface area contributed by atoms with Gasteiger partial charge in [0, 0.05) is 72.7 Å². The van der Waals surface area contributed by atoms with E-state index in [1.54, 1.807) is 36.4 Å². The largest absolute Gasteiger partial charge is 0.325 e. The van der Waals surface area contributed by atoms with Gasteiger partial charge in [-0.05, 0) is 89.5 Å².